The molecule has 3 rings (SSSR count). The Morgan fingerprint density at radius 2 is 2.32 bits per heavy atom. The summed E-state index contributed by atoms with van der Waals surface area (Å²) in [6, 6.07) is 4.31. The Kier molecular flexibility index (Phi) is 4.09. The second-order valence-electron chi connectivity index (χ2n) is 5.05. The van der Waals surface area contributed by atoms with Gasteiger partial charge in [-0.15, -0.1) is 0 Å². The number of carbonyl (C=O) groups excluding carboxylic acids is 1. The highest BCUT2D eigenvalue weighted by molar-refractivity contribution is 5.90. The van der Waals surface area contributed by atoms with Crippen LogP contribution in [0.25, 0.3) is 5.69 Å². The van der Waals surface area contributed by atoms with E-state index in [0.717, 1.165) is 18.5 Å². The summed E-state index contributed by atoms with van der Waals surface area (Å²) in [5.41, 5.74) is 1.87. The molecule has 2 heterocycles. The Morgan fingerprint density at radius 3 is 3.14 bits per heavy atom. The van der Waals surface area contributed by atoms with Crippen molar-refractivity contribution in [1.29, 1.82) is 0 Å². The highest BCUT2D eigenvalue weighted by Crippen LogP contribution is 2.28. The lowest BCUT2D eigenvalue weighted by atomic mass is 10.1. The maximum Gasteiger partial charge on any atom is 0.341 e. The second-order valence-corrected chi connectivity index (χ2v) is 5.05. The van der Waals surface area contributed by atoms with Gasteiger partial charge in [0.2, 0.25) is 0 Å². The fraction of sp³-hybridized carbons (Fsp3) is 0.375. The molecule has 0 bridgehead atoms. The molecule has 1 aliphatic heterocycles. The van der Waals surface area contributed by atoms with Crippen LogP contribution in [-0.2, 0) is 11.2 Å². The molecular formula is C16H17FN2O3. The first-order chi connectivity index (χ1) is 10.7. The summed E-state index contributed by atoms with van der Waals surface area (Å²) in [5, 5.41) is 4.29. The van der Waals surface area contributed by atoms with Crippen molar-refractivity contribution in [3.05, 3.63) is 41.5 Å². The Bertz CT molecular complexity index is 697. The summed E-state index contributed by atoms with van der Waals surface area (Å²) in [4.78, 5) is 12.1. The number of fused-ring (bicyclic) bond motifs is 3. The van der Waals surface area contributed by atoms with Crippen LogP contribution in [0.2, 0.25) is 0 Å². The lowest BCUT2D eigenvalue weighted by molar-refractivity contribution is 0.0525. The summed E-state index contributed by atoms with van der Waals surface area (Å²) in [6.07, 6.45) is 3.87. The maximum absolute atomic E-state index is 13.5. The normalized spacial score (nSPS) is 13.9. The van der Waals surface area contributed by atoms with Crippen LogP contribution in [-0.4, -0.2) is 29.0 Å². The number of esters is 1. The fourth-order valence-corrected chi connectivity index (χ4v) is 2.56. The molecule has 0 spiro atoms. The molecule has 0 saturated carbocycles. The molecule has 0 unspecified atom stereocenters. The van der Waals surface area contributed by atoms with E-state index >= 15 is 0 Å². The number of benzene rings is 1. The van der Waals surface area contributed by atoms with E-state index in [4.69, 9.17) is 9.47 Å². The fourth-order valence-electron chi connectivity index (χ4n) is 2.56. The van der Waals surface area contributed by atoms with Gasteiger partial charge in [0, 0.05) is 6.07 Å². The number of ether oxygens (including phenoxy) is 2. The highest BCUT2D eigenvalue weighted by atomic mass is 19.1. The van der Waals surface area contributed by atoms with E-state index in [-0.39, 0.29) is 11.8 Å². The van der Waals surface area contributed by atoms with Crippen molar-refractivity contribution < 1.29 is 18.7 Å². The SMILES string of the molecule is CCOC(=O)c1cnn2c1CCCCOc1cc(F)ccc1-2. The molecule has 0 aliphatic carbocycles. The third-order valence-corrected chi connectivity index (χ3v) is 3.58. The quantitative estimate of drug-likeness (QED) is 0.801. The first-order valence-electron chi connectivity index (χ1n) is 7.37. The number of rotatable bonds is 2. The number of nitrogens with zero attached hydrogens (tertiary/aromatic N) is 2. The Balaban J connectivity index is 2.11. The molecule has 1 aromatic heterocycles. The summed E-state index contributed by atoms with van der Waals surface area (Å²) < 4.78 is 25.8. The van der Waals surface area contributed by atoms with Crippen LogP contribution in [0.5, 0.6) is 5.75 Å². The van der Waals surface area contributed by atoms with Crippen molar-refractivity contribution >= 4 is 5.97 Å². The van der Waals surface area contributed by atoms with Gasteiger partial charge >= 0.3 is 5.97 Å². The highest BCUT2D eigenvalue weighted by Gasteiger charge is 2.22. The van der Waals surface area contributed by atoms with Crippen LogP contribution in [0.15, 0.2) is 24.4 Å². The van der Waals surface area contributed by atoms with Crippen molar-refractivity contribution in [2.45, 2.75) is 26.2 Å². The van der Waals surface area contributed by atoms with Gasteiger partial charge in [0.25, 0.3) is 0 Å². The van der Waals surface area contributed by atoms with Crippen molar-refractivity contribution in [2.24, 2.45) is 0 Å². The van der Waals surface area contributed by atoms with Crippen LogP contribution in [0.1, 0.15) is 35.8 Å². The Morgan fingerprint density at radius 1 is 1.45 bits per heavy atom. The lowest BCUT2D eigenvalue weighted by Gasteiger charge is -2.12. The van der Waals surface area contributed by atoms with Gasteiger partial charge in [0.05, 0.1) is 25.1 Å². The van der Waals surface area contributed by atoms with E-state index in [1.807, 2.05) is 0 Å². The van der Waals surface area contributed by atoms with Crippen LogP contribution in [0.4, 0.5) is 4.39 Å². The van der Waals surface area contributed by atoms with Gasteiger partial charge in [0.15, 0.2) is 0 Å². The van der Waals surface area contributed by atoms with Crippen LogP contribution < -0.4 is 4.74 Å². The summed E-state index contributed by atoms with van der Waals surface area (Å²) in [5.74, 6) is -0.313. The largest absolute Gasteiger partial charge is 0.491 e. The van der Waals surface area contributed by atoms with E-state index < -0.39 is 0 Å². The molecule has 0 fully saturated rings. The zero-order chi connectivity index (χ0) is 15.5. The van der Waals surface area contributed by atoms with E-state index in [0.29, 0.717) is 36.6 Å². The van der Waals surface area contributed by atoms with Gasteiger partial charge in [-0.1, -0.05) is 0 Å². The Hall–Kier alpha value is -2.37. The minimum Gasteiger partial charge on any atom is -0.491 e. The molecule has 0 saturated heterocycles. The predicted molar refractivity (Wildman–Crippen MR) is 77.9 cm³/mol. The number of aromatic nitrogens is 2. The minimum atomic E-state index is -0.382. The third-order valence-electron chi connectivity index (χ3n) is 3.58. The van der Waals surface area contributed by atoms with E-state index in [1.54, 1.807) is 17.7 Å². The van der Waals surface area contributed by atoms with Crippen molar-refractivity contribution in [3.8, 4) is 11.4 Å². The van der Waals surface area contributed by atoms with E-state index in [2.05, 4.69) is 5.10 Å². The second kappa shape index (κ2) is 6.17. The Labute approximate surface area is 127 Å². The summed E-state index contributed by atoms with van der Waals surface area (Å²) in [7, 11) is 0. The van der Waals surface area contributed by atoms with Crippen LogP contribution in [0.3, 0.4) is 0 Å². The molecular weight excluding hydrogens is 287 g/mol. The number of carbonyl (C=O) groups is 1. The molecule has 5 nitrogen and oxygen atoms in total. The van der Waals surface area contributed by atoms with Crippen molar-refractivity contribution in [1.82, 2.24) is 9.78 Å². The topological polar surface area (TPSA) is 53.3 Å². The monoisotopic (exact) mass is 304 g/mol. The number of hydrogen-bond donors (Lipinski definition) is 0. The molecule has 0 atom stereocenters. The van der Waals surface area contributed by atoms with Gasteiger partial charge in [-0.3, -0.25) is 0 Å². The molecule has 0 radical (unpaired) electrons. The van der Waals surface area contributed by atoms with Crippen LogP contribution in [0, 0.1) is 5.82 Å². The van der Waals surface area contributed by atoms with Gasteiger partial charge in [-0.05, 0) is 38.3 Å². The van der Waals surface area contributed by atoms with Crippen LogP contribution >= 0.6 is 0 Å². The number of hydrogen-bond acceptors (Lipinski definition) is 4. The van der Waals surface area contributed by atoms with Gasteiger partial charge in [-0.2, -0.15) is 5.10 Å². The molecule has 116 valence electrons. The van der Waals surface area contributed by atoms with E-state index in [1.165, 1.54) is 18.3 Å². The molecule has 0 amide bonds. The van der Waals surface area contributed by atoms with Crippen molar-refractivity contribution in [3.63, 3.8) is 0 Å². The number of halogens is 1. The average molecular weight is 304 g/mol. The molecule has 6 heteroatoms. The zero-order valence-electron chi connectivity index (χ0n) is 12.3. The van der Waals surface area contributed by atoms with Gasteiger partial charge in [0.1, 0.15) is 22.8 Å². The summed E-state index contributed by atoms with van der Waals surface area (Å²) in [6.45, 7) is 2.59. The molecule has 2 aromatic rings. The third kappa shape index (κ3) is 2.68. The zero-order valence-corrected chi connectivity index (χ0v) is 12.3. The van der Waals surface area contributed by atoms with Crippen molar-refractivity contribution in [2.75, 3.05) is 13.2 Å². The summed E-state index contributed by atoms with van der Waals surface area (Å²) >= 11 is 0. The standard InChI is InChI=1S/C16H17FN2O3/c1-2-21-16(20)12-10-18-19-13(12)5-3-4-8-22-15-9-11(17)6-7-14(15)19/h6-7,9-10H,2-5,8H2,1H3. The van der Waals surface area contributed by atoms with Gasteiger partial charge < -0.3 is 9.47 Å². The van der Waals surface area contributed by atoms with Gasteiger partial charge in [-0.25, -0.2) is 13.9 Å². The maximum atomic E-state index is 13.5. The molecule has 1 aromatic carbocycles. The first-order valence-corrected chi connectivity index (χ1v) is 7.37. The lowest BCUT2D eigenvalue weighted by Crippen LogP contribution is -2.10. The molecule has 22 heavy (non-hydrogen) atoms. The molecule has 0 N–H and O–H groups in total. The first kappa shape index (κ1) is 14.6. The van der Waals surface area contributed by atoms with E-state index in [9.17, 15) is 9.18 Å². The smallest absolute Gasteiger partial charge is 0.341 e. The average Bonchev–Trinajstić information content (AvgIpc) is 2.92. The molecule has 1 aliphatic rings. The minimum absolute atomic E-state index is 0.314. The predicted octanol–water partition coefficient (Wildman–Crippen LogP) is 2.90.